The summed E-state index contributed by atoms with van der Waals surface area (Å²) in [6.45, 7) is 21.1. The second-order valence-corrected chi connectivity index (χ2v) is 22.1. The summed E-state index contributed by atoms with van der Waals surface area (Å²) in [6.07, 6.45) is 0. The molecule has 0 bridgehead atoms. The van der Waals surface area contributed by atoms with Crippen molar-refractivity contribution in [3.8, 4) is 5.75 Å². The number of Topliss-reactive ketones (excluding diaryl/α,β-unsaturated/α-hetero) is 1. The van der Waals surface area contributed by atoms with Gasteiger partial charge in [0.15, 0.2) is 0 Å². The van der Waals surface area contributed by atoms with E-state index in [1.54, 1.807) is 0 Å². The van der Waals surface area contributed by atoms with Gasteiger partial charge in [-0.25, -0.2) is 0 Å². The average Bonchev–Trinajstić information content (AvgIpc) is 3.41. The molecule has 7 heteroatoms. The molecule has 3 aromatic carbocycles. The molecule has 0 amide bonds. The van der Waals surface area contributed by atoms with Gasteiger partial charge in [0.2, 0.25) is 0 Å². The minimum atomic E-state index is -3.84. The van der Waals surface area contributed by atoms with Gasteiger partial charge in [-0.2, -0.15) is 0 Å². The molecule has 0 saturated carbocycles. The maximum absolute atomic E-state index is 11.8. The van der Waals surface area contributed by atoms with Crippen molar-refractivity contribution < 1.29 is 21.4 Å². The van der Waals surface area contributed by atoms with E-state index in [2.05, 4.69) is 102 Å². The van der Waals surface area contributed by atoms with Crippen molar-refractivity contribution >= 4 is 45.5 Å². The number of hydrogen-bond acceptors (Lipinski definition) is 4. The maximum atomic E-state index is 11.8. The fraction of sp³-hybridized carbons (Fsp3) is 0.432. The Morgan fingerprint density at radius 2 is 1.14 bits per heavy atom. The Kier molecular flexibility index (Phi) is 11.3. The molecular weight excluding hydrogens is 676 g/mol. The van der Waals surface area contributed by atoms with Crippen LogP contribution in [0.25, 0.3) is 0 Å². The number of anilines is 2. The SMILES string of the molecule is CC(=O)COc1ccccc1[CH]=[Ru]([Cl])([Cl])=[C]1N(c2c(C(C)C)cccc2C(C)C)CCN1c1c(C(C)C)cccc1C(C)C. The third-order valence-electron chi connectivity index (χ3n) is 8.00. The zero-order valence-electron chi connectivity index (χ0n) is 27.6. The van der Waals surface area contributed by atoms with E-state index in [0.29, 0.717) is 29.4 Å². The van der Waals surface area contributed by atoms with Crippen LogP contribution >= 0.6 is 19.4 Å². The van der Waals surface area contributed by atoms with Crippen LogP contribution in [0.4, 0.5) is 11.4 Å². The average molecular weight is 725 g/mol. The molecule has 0 unspecified atom stereocenters. The first-order chi connectivity index (χ1) is 20.7. The number of benzene rings is 3. The van der Waals surface area contributed by atoms with E-state index < -0.39 is 11.9 Å². The first kappa shape index (κ1) is 34.5. The molecule has 0 spiro atoms. The Hall–Kier alpha value is -2.33. The van der Waals surface area contributed by atoms with Crippen molar-refractivity contribution in [3.05, 3.63) is 88.5 Å². The summed E-state index contributed by atoms with van der Waals surface area (Å²) < 4.78 is 8.94. The minimum absolute atomic E-state index is 0.00130. The molecule has 4 rings (SSSR count). The van der Waals surface area contributed by atoms with Crippen LogP contribution in [0.2, 0.25) is 0 Å². The van der Waals surface area contributed by atoms with E-state index >= 15 is 0 Å². The van der Waals surface area contributed by atoms with Gasteiger partial charge in [-0.05, 0) is 0 Å². The monoisotopic (exact) mass is 724 g/mol. The van der Waals surface area contributed by atoms with E-state index in [1.165, 1.54) is 40.6 Å². The fourth-order valence-electron chi connectivity index (χ4n) is 5.89. The molecule has 0 N–H and O–H groups in total. The number of rotatable bonds is 10. The van der Waals surface area contributed by atoms with Crippen molar-refractivity contribution in [2.24, 2.45) is 0 Å². The first-order valence-electron chi connectivity index (χ1n) is 15.6. The molecule has 0 aliphatic carbocycles. The molecule has 240 valence electrons. The standard InChI is InChI=1S/C27H38N2.C10H10O2.2ClH.Ru/c1-18(2)22-11-9-12-23(19(3)4)26(22)28-15-16-29(17-28)27-24(20(5)6)13-10-14-25(27)21(7)8;1-8-5-3-4-6-10(8)12-7-9(2)11;;;/h9-14,18-21H,15-16H2,1-8H3;1,3-6H,7H2,2H3;2*1H;/q;;;;+2/p-2. The van der Waals surface area contributed by atoms with Crippen molar-refractivity contribution in [2.75, 3.05) is 29.5 Å². The van der Waals surface area contributed by atoms with E-state index in [-0.39, 0.29) is 12.4 Å². The quantitative estimate of drug-likeness (QED) is 0.195. The van der Waals surface area contributed by atoms with Crippen LogP contribution in [0.15, 0.2) is 60.7 Å². The summed E-state index contributed by atoms with van der Waals surface area (Å²) in [4.78, 5) is 16.7. The zero-order chi connectivity index (χ0) is 32.3. The van der Waals surface area contributed by atoms with Crippen LogP contribution in [0.3, 0.4) is 0 Å². The predicted octanol–water partition coefficient (Wildman–Crippen LogP) is 9.87. The molecule has 4 nitrogen and oxygen atoms in total. The van der Waals surface area contributed by atoms with Gasteiger partial charge in [-0.1, -0.05) is 0 Å². The Morgan fingerprint density at radius 3 is 1.52 bits per heavy atom. The van der Waals surface area contributed by atoms with Crippen molar-refractivity contribution in [3.63, 3.8) is 0 Å². The summed E-state index contributed by atoms with van der Waals surface area (Å²) in [6, 6.07) is 21.1. The molecule has 3 aromatic rings. The number of para-hydroxylation sites is 3. The van der Waals surface area contributed by atoms with E-state index in [9.17, 15) is 4.79 Å². The second kappa shape index (κ2) is 14.4. The Balaban J connectivity index is 2.12. The number of ether oxygens (including phenoxy) is 1. The molecule has 0 atom stereocenters. The number of carbonyl (C=O) groups is 1. The number of hydrogen-bond donors (Lipinski definition) is 0. The summed E-state index contributed by atoms with van der Waals surface area (Å²) >= 11 is -3.84. The van der Waals surface area contributed by atoms with Gasteiger partial charge in [-0.15, -0.1) is 0 Å². The van der Waals surface area contributed by atoms with Gasteiger partial charge >= 0.3 is 277 Å². The normalized spacial score (nSPS) is 14.4. The van der Waals surface area contributed by atoms with Gasteiger partial charge in [0.05, 0.1) is 0 Å². The molecule has 1 fully saturated rings. The Labute approximate surface area is 275 Å². The summed E-state index contributed by atoms with van der Waals surface area (Å²) in [5.74, 6) is 1.86. The molecule has 1 saturated heterocycles. The second-order valence-electron chi connectivity index (χ2n) is 12.8. The van der Waals surface area contributed by atoms with Crippen LogP contribution in [0.5, 0.6) is 5.75 Å². The number of halogens is 2. The predicted molar refractivity (Wildman–Crippen MR) is 188 cm³/mol. The van der Waals surface area contributed by atoms with Crippen LogP contribution in [-0.4, -0.2) is 34.4 Å². The van der Waals surface area contributed by atoms with E-state index in [4.69, 9.17) is 24.1 Å². The number of nitrogens with zero attached hydrogens (tertiary/aromatic N) is 2. The Morgan fingerprint density at radius 1 is 0.727 bits per heavy atom. The van der Waals surface area contributed by atoms with E-state index in [1.807, 2.05) is 28.9 Å². The molecular formula is C37H48Cl2N2O2Ru. The van der Waals surface area contributed by atoms with Gasteiger partial charge in [0.1, 0.15) is 0 Å². The van der Waals surface area contributed by atoms with Gasteiger partial charge in [0.25, 0.3) is 0 Å². The molecule has 1 aliphatic heterocycles. The van der Waals surface area contributed by atoms with Crippen molar-refractivity contribution in [1.82, 2.24) is 0 Å². The number of ketones is 1. The summed E-state index contributed by atoms with van der Waals surface area (Å²) in [7, 11) is 15.5. The first-order valence-corrected chi connectivity index (χ1v) is 22.0. The molecule has 44 heavy (non-hydrogen) atoms. The molecule has 1 aliphatic rings. The van der Waals surface area contributed by atoms with Crippen molar-refractivity contribution in [2.45, 2.75) is 86.0 Å². The van der Waals surface area contributed by atoms with Crippen LogP contribution in [0.1, 0.15) is 114 Å². The molecule has 0 aromatic heterocycles. The van der Waals surface area contributed by atoms with E-state index in [0.717, 1.165) is 23.0 Å². The third-order valence-corrected chi connectivity index (χ3v) is 13.5. The third kappa shape index (κ3) is 7.38. The van der Waals surface area contributed by atoms with Crippen LogP contribution in [-0.2, 0) is 16.7 Å². The fourth-order valence-corrected chi connectivity index (χ4v) is 11.9. The Bertz CT molecular complexity index is 1500. The summed E-state index contributed by atoms with van der Waals surface area (Å²) in [5.41, 5.74) is 8.45. The van der Waals surface area contributed by atoms with Crippen LogP contribution in [0, 0.1) is 0 Å². The topological polar surface area (TPSA) is 32.8 Å². The van der Waals surface area contributed by atoms with Gasteiger partial charge in [-0.3, -0.25) is 0 Å². The van der Waals surface area contributed by atoms with Gasteiger partial charge in [0, 0.05) is 0 Å². The zero-order valence-corrected chi connectivity index (χ0v) is 30.9. The molecule has 1 heterocycles. The molecule has 0 radical (unpaired) electrons. The van der Waals surface area contributed by atoms with Crippen molar-refractivity contribution in [1.29, 1.82) is 0 Å². The van der Waals surface area contributed by atoms with Crippen LogP contribution < -0.4 is 14.5 Å². The summed E-state index contributed by atoms with van der Waals surface area (Å²) in [5, 5.41) is 0. The number of carbonyl (C=O) groups excluding carboxylic acids is 1. The van der Waals surface area contributed by atoms with Gasteiger partial charge < -0.3 is 0 Å².